The number of rotatable bonds is 7. The van der Waals surface area contributed by atoms with Crippen molar-refractivity contribution < 1.29 is 31.1 Å². The van der Waals surface area contributed by atoms with Crippen LogP contribution >= 0.6 is 0 Å². The largest absolute Gasteiger partial charge is 0.495 e. The highest BCUT2D eigenvalue weighted by Crippen LogP contribution is 2.31. The molecule has 172 valence electrons. The van der Waals surface area contributed by atoms with Gasteiger partial charge in [0.15, 0.2) is 0 Å². The number of para-hydroxylation sites is 2. The molecule has 0 aromatic heterocycles. The molecule has 0 aliphatic heterocycles. The molecule has 0 fully saturated rings. The summed E-state index contributed by atoms with van der Waals surface area (Å²) in [5.41, 5.74) is 1.12. The van der Waals surface area contributed by atoms with E-state index in [0.29, 0.717) is 5.75 Å². The van der Waals surface area contributed by atoms with E-state index in [1.165, 1.54) is 49.6 Å². The molecule has 0 heterocycles. The lowest BCUT2D eigenvalue weighted by molar-refractivity contribution is -0.137. The van der Waals surface area contributed by atoms with Gasteiger partial charge in [0, 0.05) is 11.1 Å². The first-order valence-corrected chi connectivity index (χ1v) is 10.9. The van der Waals surface area contributed by atoms with Crippen LogP contribution in [0.3, 0.4) is 0 Å². The minimum absolute atomic E-state index is 0.0563. The lowest BCUT2D eigenvalue weighted by Gasteiger charge is -2.12. The Hall–Kier alpha value is -3.86. The van der Waals surface area contributed by atoms with Crippen molar-refractivity contribution in [2.45, 2.75) is 11.1 Å². The number of halogens is 3. The van der Waals surface area contributed by atoms with Crippen LogP contribution in [0.5, 0.6) is 5.75 Å². The number of amides is 1. The highest BCUT2D eigenvalue weighted by atomic mass is 32.2. The third-order valence-electron chi connectivity index (χ3n) is 4.39. The molecular weight excluding hydrogens is 459 g/mol. The second-order valence-electron chi connectivity index (χ2n) is 6.62. The SMILES string of the molecule is COc1ccccc1NS(=O)(=O)c1cccc(C(=O)NN=Cc2ccccc2C(F)(F)F)c1. The number of ether oxygens (including phenoxy) is 1. The molecule has 0 atom stereocenters. The number of anilines is 1. The number of nitrogens with one attached hydrogen (secondary N) is 2. The number of hydrogen-bond acceptors (Lipinski definition) is 5. The van der Waals surface area contributed by atoms with Gasteiger partial charge in [-0.2, -0.15) is 18.3 Å². The highest BCUT2D eigenvalue weighted by Gasteiger charge is 2.32. The van der Waals surface area contributed by atoms with E-state index in [-0.39, 0.29) is 21.7 Å². The summed E-state index contributed by atoms with van der Waals surface area (Å²) in [5.74, 6) is -0.492. The summed E-state index contributed by atoms with van der Waals surface area (Å²) < 4.78 is 72.1. The first-order chi connectivity index (χ1) is 15.6. The Morgan fingerprint density at radius 2 is 1.70 bits per heavy atom. The van der Waals surface area contributed by atoms with Crippen LogP contribution in [-0.2, 0) is 16.2 Å². The summed E-state index contributed by atoms with van der Waals surface area (Å²) in [6.45, 7) is 0. The van der Waals surface area contributed by atoms with E-state index in [9.17, 15) is 26.4 Å². The molecular formula is C22H18F3N3O4S. The number of hydrazone groups is 1. The Morgan fingerprint density at radius 1 is 1.00 bits per heavy atom. The van der Waals surface area contributed by atoms with Crippen molar-refractivity contribution in [2.24, 2.45) is 5.10 Å². The maximum atomic E-state index is 13.0. The summed E-state index contributed by atoms with van der Waals surface area (Å²) in [7, 11) is -2.67. The zero-order valence-electron chi connectivity index (χ0n) is 17.1. The topological polar surface area (TPSA) is 96.9 Å². The van der Waals surface area contributed by atoms with Crippen LogP contribution in [0.2, 0.25) is 0 Å². The minimum Gasteiger partial charge on any atom is -0.495 e. The molecule has 0 saturated heterocycles. The third kappa shape index (κ3) is 5.89. The number of nitrogens with zero attached hydrogens (tertiary/aromatic N) is 1. The summed E-state index contributed by atoms with van der Waals surface area (Å²) in [4.78, 5) is 12.2. The molecule has 0 spiro atoms. The Balaban J connectivity index is 1.77. The van der Waals surface area contributed by atoms with Crippen molar-refractivity contribution in [3.05, 3.63) is 89.5 Å². The number of alkyl halides is 3. The highest BCUT2D eigenvalue weighted by molar-refractivity contribution is 7.92. The molecule has 1 amide bonds. The summed E-state index contributed by atoms with van der Waals surface area (Å²) in [6, 6.07) is 16.2. The maximum absolute atomic E-state index is 13.0. The first-order valence-electron chi connectivity index (χ1n) is 9.37. The predicted molar refractivity (Wildman–Crippen MR) is 117 cm³/mol. The molecule has 3 aromatic carbocycles. The number of carbonyl (C=O) groups is 1. The van der Waals surface area contributed by atoms with Crippen molar-refractivity contribution >= 4 is 27.8 Å². The number of carbonyl (C=O) groups excluding carboxylic acids is 1. The van der Waals surface area contributed by atoms with E-state index in [4.69, 9.17) is 4.74 Å². The molecule has 2 N–H and O–H groups in total. The number of sulfonamides is 1. The zero-order valence-corrected chi connectivity index (χ0v) is 17.9. The number of methoxy groups -OCH3 is 1. The van der Waals surface area contributed by atoms with Crippen LogP contribution in [0, 0.1) is 0 Å². The van der Waals surface area contributed by atoms with Crippen molar-refractivity contribution in [3.63, 3.8) is 0 Å². The third-order valence-corrected chi connectivity index (χ3v) is 5.76. The standard InChI is InChI=1S/C22H18F3N3O4S/c1-32-20-12-5-4-11-19(20)28-33(30,31)17-9-6-8-15(13-17)21(29)27-26-14-16-7-2-3-10-18(16)22(23,24)25/h2-14,28H,1H3,(H,27,29). The van der Waals surface area contributed by atoms with Gasteiger partial charge in [0.25, 0.3) is 15.9 Å². The molecule has 0 aliphatic carbocycles. The van der Waals surface area contributed by atoms with Gasteiger partial charge < -0.3 is 4.74 Å². The lowest BCUT2D eigenvalue weighted by atomic mass is 10.1. The van der Waals surface area contributed by atoms with Gasteiger partial charge in [-0.15, -0.1) is 0 Å². The van der Waals surface area contributed by atoms with Gasteiger partial charge in [0.2, 0.25) is 0 Å². The van der Waals surface area contributed by atoms with Crippen molar-refractivity contribution in [2.75, 3.05) is 11.8 Å². The van der Waals surface area contributed by atoms with E-state index in [1.54, 1.807) is 18.2 Å². The van der Waals surface area contributed by atoms with E-state index in [0.717, 1.165) is 18.3 Å². The molecule has 7 nitrogen and oxygen atoms in total. The molecule has 0 bridgehead atoms. The number of hydrogen-bond donors (Lipinski definition) is 2. The Kier molecular flexibility index (Phi) is 7.02. The molecule has 0 aliphatic rings. The van der Waals surface area contributed by atoms with E-state index < -0.39 is 27.7 Å². The molecule has 0 unspecified atom stereocenters. The molecule has 3 aromatic rings. The van der Waals surface area contributed by atoms with Gasteiger partial charge in [-0.1, -0.05) is 36.4 Å². The average molecular weight is 477 g/mol. The van der Waals surface area contributed by atoms with E-state index in [2.05, 4.69) is 15.2 Å². The summed E-state index contributed by atoms with van der Waals surface area (Å²) >= 11 is 0. The maximum Gasteiger partial charge on any atom is 0.417 e. The van der Waals surface area contributed by atoms with Gasteiger partial charge in [-0.25, -0.2) is 13.8 Å². The van der Waals surface area contributed by atoms with Gasteiger partial charge in [-0.05, 0) is 36.4 Å². The fourth-order valence-electron chi connectivity index (χ4n) is 2.83. The van der Waals surface area contributed by atoms with E-state index in [1.807, 2.05) is 0 Å². The average Bonchev–Trinajstić information content (AvgIpc) is 2.79. The molecule has 11 heteroatoms. The van der Waals surface area contributed by atoms with Crippen LogP contribution in [0.4, 0.5) is 18.9 Å². The van der Waals surface area contributed by atoms with Gasteiger partial charge in [0.05, 0.1) is 29.5 Å². The fraction of sp³-hybridized carbons (Fsp3) is 0.0909. The first kappa shape index (κ1) is 23.8. The normalized spacial score (nSPS) is 11.9. The Morgan fingerprint density at radius 3 is 2.42 bits per heavy atom. The van der Waals surface area contributed by atoms with Crippen molar-refractivity contribution in [3.8, 4) is 5.75 Å². The van der Waals surface area contributed by atoms with Crippen LogP contribution in [0.15, 0.2) is 82.8 Å². The Labute approximate surface area is 188 Å². The van der Waals surface area contributed by atoms with Crippen LogP contribution in [0.25, 0.3) is 0 Å². The fourth-order valence-corrected chi connectivity index (χ4v) is 3.95. The van der Waals surface area contributed by atoms with Crippen molar-refractivity contribution in [1.29, 1.82) is 0 Å². The molecule has 0 saturated carbocycles. The van der Waals surface area contributed by atoms with E-state index >= 15 is 0 Å². The summed E-state index contributed by atoms with van der Waals surface area (Å²) in [5, 5.41) is 3.57. The second-order valence-corrected chi connectivity index (χ2v) is 8.30. The molecule has 3 rings (SSSR count). The van der Waals surface area contributed by atoms with Gasteiger partial charge >= 0.3 is 6.18 Å². The monoisotopic (exact) mass is 477 g/mol. The molecule has 0 radical (unpaired) electrons. The number of benzene rings is 3. The van der Waals surface area contributed by atoms with Crippen molar-refractivity contribution in [1.82, 2.24) is 5.43 Å². The Bertz CT molecular complexity index is 1290. The summed E-state index contributed by atoms with van der Waals surface area (Å²) in [6.07, 6.45) is -3.71. The minimum atomic E-state index is -4.58. The van der Waals surface area contributed by atoms with Gasteiger partial charge in [0.1, 0.15) is 5.75 Å². The smallest absolute Gasteiger partial charge is 0.417 e. The zero-order chi connectivity index (χ0) is 24.1. The second kappa shape index (κ2) is 9.74. The predicted octanol–water partition coefficient (Wildman–Crippen LogP) is 4.28. The quantitative estimate of drug-likeness (QED) is 0.392. The molecule has 33 heavy (non-hydrogen) atoms. The van der Waals surface area contributed by atoms with Crippen LogP contribution in [0.1, 0.15) is 21.5 Å². The van der Waals surface area contributed by atoms with Gasteiger partial charge in [-0.3, -0.25) is 9.52 Å². The van der Waals surface area contributed by atoms with Crippen LogP contribution < -0.4 is 14.9 Å². The lowest BCUT2D eigenvalue weighted by Crippen LogP contribution is -2.19. The van der Waals surface area contributed by atoms with Crippen LogP contribution in [-0.4, -0.2) is 27.6 Å².